The van der Waals surface area contributed by atoms with E-state index in [1.807, 2.05) is 36.7 Å². The van der Waals surface area contributed by atoms with E-state index in [0.29, 0.717) is 31.3 Å². The molecule has 2 aromatic carbocycles. The van der Waals surface area contributed by atoms with Crippen LogP contribution in [-0.4, -0.2) is 10.1 Å². The van der Waals surface area contributed by atoms with Gasteiger partial charge in [0.05, 0.1) is 10.0 Å². The van der Waals surface area contributed by atoms with E-state index in [0.717, 1.165) is 11.3 Å². The van der Waals surface area contributed by atoms with E-state index < -0.39 is 0 Å². The highest BCUT2D eigenvalue weighted by molar-refractivity contribution is 7.81. The minimum atomic E-state index is -0.0291. The zero-order valence-electron chi connectivity index (χ0n) is 17.3. The molecule has 0 aliphatic rings. The molecule has 0 radical (unpaired) electrons. The SMILES string of the molecule is CC(C)(C)c1cc[n+](/C(C(=S)Nc2ccc(Cl)cc2)=C(\O)c2ccc(Cl)c(Cl)c2)cc1. The number of aromatic nitrogens is 1. The Morgan fingerprint density at radius 3 is 2.06 bits per heavy atom. The molecule has 0 atom stereocenters. The maximum absolute atomic E-state index is 11.2. The van der Waals surface area contributed by atoms with Crippen LogP contribution in [0.4, 0.5) is 5.69 Å². The van der Waals surface area contributed by atoms with Gasteiger partial charge in [0, 0.05) is 28.4 Å². The molecule has 0 fully saturated rings. The van der Waals surface area contributed by atoms with Crippen molar-refractivity contribution in [2.45, 2.75) is 26.2 Å². The van der Waals surface area contributed by atoms with Gasteiger partial charge in [0.25, 0.3) is 5.70 Å². The van der Waals surface area contributed by atoms with Crippen LogP contribution in [0.5, 0.6) is 0 Å². The van der Waals surface area contributed by atoms with Crippen molar-refractivity contribution in [3.63, 3.8) is 0 Å². The van der Waals surface area contributed by atoms with Crippen LogP contribution in [0.25, 0.3) is 11.5 Å². The van der Waals surface area contributed by atoms with Crippen molar-refractivity contribution in [1.29, 1.82) is 0 Å². The summed E-state index contributed by atoms with van der Waals surface area (Å²) < 4.78 is 1.78. The Morgan fingerprint density at radius 1 is 0.903 bits per heavy atom. The fourth-order valence-electron chi connectivity index (χ4n) is 2.93. The van der Waals surface area contributed by atoms with Gasteiger partial charge < -0.3 is 10.4 Å². The molecule has 7 heteroatoms. The number of aliphatic hydroxyl groups is 1. The van der Waals surface area contributed by atoms with Gasteiger partial charge >= 0.3 is 0 Å². The number of aliphatic hydroxyl groups excluding tert-OH is 1. The topological polar surface area (TPSA) is 36.1 Å². The monoisotopic (exact) mass is 491 g/mol. The first kappa shape index (κ1) is 23.6. The molecule has 3 nitrogen and oxygen atoms in total. The fourth-order valence-corrected chi connectivity index (χ4v) is 3.67. The number of nitrogens with zero attached hydrogens (tertiary/aromatic N) is 1. The van der Waals surface area contributed by atoms with Crippen molar-refractivity contribution in [1.82, 2.24) is 0 Å². The lowest BCUT2D eigenvalue weighted by molar-refractivity contribution is -0.575. The Morgan fingerprint density at radius 2 is 1.52 bits per heavy atom. The van der Waals surface area contributed by atoms with Crippen molar-refractivity contribution in [3.05, 3.63) is 93.2 Å². The molecule has 0 aliphatic carbocycles. The smallest absolute Gasteiger partial charge is 0.288 e. The van der Waals surface area contributed by atoms with Gasteiger partial charge in [-0.3, -0.25) is 0 Å². The summed E-state index contributed by atoms with van der Waals surface area (Å²) in [5.74, 6) is -0.0291. The number of hydrogen-bond acceptors (Lipinski definition) is 2. The Balaban J connectivity index is 2.09. The molecule has 1 aromatic heterocycles. The van der Waals surface area contributed by atoms with Gasteiger partial charge in [-0.25, -0.2) is 0 Å². The molecule has 0 bridgehead atoms. The minimum absolute atomic E-state index is 0.00319. The van der Waals surface area contributed by atoms with E-state index in [2.05, 4.69) is 26.1 Å². The first-order chi connectivity index (χ1) is 14.6. The van der Waals surface area contributed by atoms with Crippen molar-refractivity contribution in [3.8, 4) is 0 Å². The lowest BCUT2D eigenvalue weighted by Crippen LogP contribution is -2.39. The molecule has 3 rings (SSSR count). The number of hydrogen-bond donors (Lipinski definition) is 2. The predicted molar refractivity (Wildman–Crippen MR) is 135 cm³/mol. The molecule has 0 saturated heterocycles. The number of thiocarbonyl (C=S) groups is 1. The van der Waals surface area contributed by atoms with Gasteiger partial charge in [-0.1, -0.05) is 67.8 Å². The Kier molecular flexibility index (Phi) is 7.28. The van der Waals surface area contributed by atoms with E-state index in [-0.39, 0.29) is 11.2 Å². The molecule has 0 aliphatic heterocycles. The summed E-state index contributed by atoms with van der Waals surface area (Å²) in [4.78, 5) is 0.333. The molecular formula is C24H22Cl3N2OS+. The fraction of sp³-hybridized carbons (Fsp3) is 0.167. The molecule has 2 N–H and O–H groups in total. The lowest BCUT2D eigenvalue weighted by atomic mass is 9.88. The van der Waals surface area contributed by atoms with Crippen LogP contribution in [0.3, 0.4) is 0 Å². The number of benzene rings is 2. The van der Waals surface area contributed by atoms with Gasteiger partial charge in [0.15, 0.2) is 23.1 Å². The van der Waals surface area contributed by atoms with Gasteiger partial charge in [-0.15, -0.1) is 0 Å². The molecule has 1 heterocycles. The predicted octanol–water partition coefficient (Wildman–Crippen LogP) is 7.56. The van der Waals surface area contributed by atoms with Crippen molar-refractivity contribution in [2.24, 2.45) is 0 Å². The van der Waals surface area contributed by atoms with Crippen molar-refractivity contribution < 1.29 is 9.67 Å². The Bertz CT molecular complexity index is 1130. The highest BCUT2D eigenvalue weighted by atomic mass is 35.5. The Hall–Kier alpha value is -2.11. The summed E-state index contributed by atoms with van der Waals surface area (Å²) in [5.41, 5.74) is 2.81. The van der Waals surface area contributed by atoms with Gasteiger partial charge in [-0.05, 0) is 53.4 Å². The summed E-state index contributed by atoms with van der Waals surface area (Å²) in [6, 6.07) is 16.1. The normalized spacial score (nSPS) is 12.3. The summed E-state index contributed by atoms with van der Waals surface area (Å²) in [6.45, 7) is 6.43. The molecule has 3 aromatic rings. The summed E-state index contributed by atoms with van der Waals surface area (Å²) in [7, 11) is 0. The minimum Gasteiger partial charge on any atom is -0.502 e. The van der Waals surface area contributed by atoms with Crippen LogP contribution < -0.4 is 9.88 Å². The molecule has 0 unspecified atom stereocenters. The van der Waals surface area contributed by atoms with E-state index in [1.54, 1.807) is 34.9 Å². The third-order valence-corrected chi connectivity index (χ3v) is 5.97. The number of rotatable bonds is 4. The standard InChI is InChI=1S/C24H21Cl3N2OS/c1-24(2,3)16-10-12-29(13-11-16)21(22(30)15-4-9-19(26)20(27)14-15)23(31)28-18-7-5-17(25)6-8-18/h4-14H,1-3H3,(H-,28,30,31)/p+1. The number of anilines is 1. The van der Waals surface area contributed by atoms with E-state index >= 15 is 0 Å². The maximum Gasteiger partial charge on any atom is 0.288 e. The number of halogens is 3. The molecule has 0 spiro atoms. The van der Waals surface area contributed by atoms with E-state index in [1.165, 1.54) is 0 Å². The summed E-state index contributed by atoms with van der Waals surface area (Å²) in [5, 5.41) is 15.7. The van der Waals surface area contributed by atoms with Crippen LogP contribution in [-0.2, 0) is 5.41 Å². The van der Waals surface area contributed by atoms with Gasteiger partial charge in [0.2, 0.25) is 0 Å². The highest BCUT2D eigenvalue weighted by Gasteiger charge is 2.25. The second-order valence-electron chi connectivity index (χ2n) is 8.03. The number of pyridine rings is 1. The maximum atomic E-state index is 11.2. The number of nitrogens with one attached hydrogen (secondary N) is 1. The second-order valence-corrected chi connectivity index (χ2v) is 9.69. The van der Waals surface area contributed by atoms with Gasteiger partial charge in [0.1, 0.15) is 0 Å². The molecule has 0 amide bonds. The van der Waals surface area contributed by atoms with Crippen molar-refractivity contribution in [2.75, 3.05) is 5.32 Å². The third kappa shape index (κ3) is 5.78. The van der Waals surface area contributed by atoms with Crippen LogP contribution in [0, 0.1) is 0 Å². The van der Waals surface area contributed by atoms with Gasteiger partial charge in [-0.2, -0.15) is 4.57 Å². The van der Waals surface area contributed by atoms with Crippen molar-refractivity contribution >= 4 is 69.2 Å². The van der Waals surface area contributed by atoms with E-state index in [9.17, 15) is 5.11 Å². The first-order valence-corrected chi connectivity index (χ1v) is 11.1. The second kappa shape index (κ2) is 9.58. The molecular weight excluding hydrogens is 471 g/mol. The molecule has 160 valence electrons. The molecule has 0 saturated carbocycles. The van der Waals surface area contributed by atoms with Crippen LogP contribution >= 0.6 is 47.0 Å². The average molecular weight is 493 g/mol. The zero-order chi connectivity index (χ0) is 22.8. The summed E-state index contributed by atoms with van der Waals surface area (Å²) in [6.07, 6.45) is 3.75. The quantitative estimate of drug-likeness (QED) is 0.171. The molecule has 31 heavy (non-hydrogen) atoms. The summed E-state index contributed by atoms with van der Waals surface area (Å²) >= 11 is 23.9. The first-order valence-electron chi connectivity index (χ1n) is 9.54. The van der Waals surface area contributed by atoms with Crippen LogP contribution in [0.15, 0.2) is 67.0 Å². The lowest BCUT2D eigenvalue weighted by Gasteiger charge is -2.18. The Labute approximate surface area is 202 Å². The average Bonchev–Trinajstić information content (AvgIpc) is 2.71. The zero-order valence-corrected chi connectivity index (χ0v) is 20.4. The van der Waals surface area contributed by atoms with Crippen LogP contribution in [0.1, 0.15) is 31.9 Å². The van der Waals surface area contributed by atoms with Crippen LogP contribution in [0.2, 0.25) is 15.1 Å². The largest absolute Gasteiger partial charge is 0.502 e. The van der Waals surface area contributed by atoms with E-state index in [4.69, 9.17) is 47.0 Å². The third-order valence-electron chi connectivity index (χ3n) is 4.69. The highest BCUT2D eigenvalue weighted by Crippen LogP contribution is 2.28.